The molecule has 1 heterocycles. The Morgan fingerprint density at radius 3 is 2.72 bits per heavy atom. The van der Waals surface area contributed by atoms with Crippen molar-refractivity contribution < 1.29 is 14.4 Å². The van der Waals surface area contributed by atoms with Crippen molar-refractivity contribution in [1.82, 2.24) is 0 Å². The molecule has 100 valence electrons. The van der Waals surface area contributed by atoms with Gasteiger partial charge in [0, 0.05) is 11.4 Å². The molecule has 0 atom stereocenters. The number of benzene rings is 1. The van der Waals surface area contributed by atoms with Gasteiger partial charge in [0.15, 0.2) is 0 Å². The summed E-state index contributed by atoms with van der Waals surface area (Å²) in [7, 11) is 0. The molecule has 1 aromatic rings. The zero-order chi connectivity index (χ0) is 12.8. The molecule has 0 unspecified atom stereocenters. The van der Waals surface area contributed by atoms with E-state index < -0.39 is 0 Å². The lowest BCUT2D eigenvalue weighted by Crippen LogP contribution is -3.14. The Kier molecular flexibility index (Phi) is 5.57. The highest BCUT2D eigenvalue weighted by molar-refractivity contribution is 6.35. The van der Waals surface area contributed by atoms with Crippen molar-refractivity contribution in [2.45, 2.75) is 6.42 Å². The van der Waals surface area contributed by atoms with Gasteiger partial charge in [-0.1, -0.05) is 23.2 Å². The maximum absolute atomic E-state index is 6.03. The van der Waals surface area contributed by atoms with Crippen LogP contribution in [0, 0.1) is 0 Å². The minimum Gasteiger partial charge on any atom is -0.492 e. The summed E-state index contributed by atoms with van der Waals surface area (Å²) in [5.74, 6) is 0.707. The van der Waals surface area contributed by atoms with E-state index >= 15 is 0 Å². The minimum atomic E-state index is 0.571. The lowest BCUT2D eigenvalue weighted by molar-refractivity contribution is -0.908. The number of nitrogens with one attached hydrogen (secondary N) is 1. The van der Waals surface area contributed by atoms with E-state index in [0.29, 0.717) is 22.4 Å². The first-order chi connectivity index (χ1) is 8.75. The van der Waals surface area contributed by atoms with E-state index in [2.05, 4.69) is 0 Å². The second-order valence-electron chi connectivity index (χ2n) is 4.39. The molecule has 1 N–H and O–H groups in total. The van der Waals surface area contributed by atoms with E-state index in [1.165, 1.54) is 0 Å². The molecule has 18 heavy (non-hydrogen) atoms. The summed E-state index contributed by atoms with van der Waals surface area (Å²) in [5.41, 5.74) is 0. The first-order valence-electron chi connectivity index (χ1n) is 6.25. The molecule has 0 saturated carbocycles. The quantitative estimate of drug-likeness (QED) is 0.834. The highest BCUT2D eigenvalue weighted by Crippen LogP contribution is 2.27. The van der Waals surface area contributed by atoms with Gasteiger partial charge in [0.1, 0.15) is 18.8 Å². The number of quaternary nitrogens is 1. The summed E-state index contributed by atoms with van der Waals surface area (Å²) in [6.07, 6.45) is 1.02. The molecule has 1 saturated heterocycles. The average Bonchev–Trinajstić information content (AvgIpc) is 2.38. The van der Waals surface area contributed by atoms with Gasteiger partial charge < -0.3 is 14.4 Å². The van der Waals surface area contributed by atoms with Crippen LogP contribution < -0.4 is 9.64 Å². The molecule has 1 aliphatic rings. The molecule has 0 bridgehead atoms. The van der Waals surface area contributed by atoms with Crippen molar-refractivity contribution in [2.24, 2.45) is 0 Å². The molecular formula is C13H18Cl2NO2+. The van der Waals surface area contributed by atoms with Gasteiger partial charge in [-0.2, -0.15) is 0 Å². The van der Waals surface area contributed by atoms with Gasteiger partial charge in [-0.05, 0) is 18.2 Å². The van der Waals surface area contributed by atoms with Crippen molar-refractivity contribution in [3.8, 4) is 5.75 Å². The highest BCUT2D eigenvalue weighted by atomic mass is 35.5. The van der Waals surface area contributed by atoms with Gasteiger partial charge in [0.2, 0.25) is 0 Å². The Morgan fingerprint density at radius 2 is 2.00 bits per heavy atom. The Balaban J connectivity index is 1.68. The lowest BCUT2D eigenvalue weighted by Gasteiger charge is -2.23. The Bertz CT molecular complexity index is 381. The van der Waals surface area contributed by atoms with E-state index in [9.17, 15) is 0 Å². The predicted molar refractivity (Wildman–Crippen MR) is 73.0 cm³/mol. The second kappa shape index (κ2) is 7.19. The molecule has 1 aromatic carbocycles. The summed E-state index contributed by atoms with van der Waals surface area (Å²) >= 11 is 11.9. The topological polar surface area (TPSA) is 22.9 Å². The Labute approximate surface area is 118 Å². The van der Waals surface area contributed by atoms with E-state index in [4.69, 9.17) is 32.7 Å². The number of hydrogen-bond donors (Lipinski definition) is 1. The summed E-state index contributed by atoms with van der Waals surface area (Å²) in [6, 6.07) is 5.30. The molecule has 0 spiro atoms. The van der Waals surface area contributed by atoms with E-state index in [1.54, 1.807) is 17.0 Å². The Hall–Kier alpha value is -0.480. The fraction of sp³-hybridized carbons (Fsp3) is 0.538. The van der Waals surface area contributed by atoms with Crippen LogP contribution in [-0.2, 0) is 4.74 Å². The zero-order valence-electron chi connectivity index (χ0n) is 10.3. The molecule has 3 nitrogen and oxygen atoms in total. The third-order valence-electron chi connectivity index (χ3n) is 3.03. The van der Waals surface area contributed by atoms with Crippen LogP contribution in [0.1, 0.15) is 6.42 Å². The van der Waals surface area contributed by atoms with E-state index in [0.717, 1.165) is 39.3 Å². The van der Waals surface area contributed by atoms with Gasteiger partial charge in [-0.15, -0.1) is 0 Å². The standard InChI is InChI=1S/C13H17Cl2NO2/c14-11-2-3-13(12(15)10-11)18-7-1-4-16-5-8-17-9-6-16/h2-3,10H,1,4-9H2/p+1. The van der Waals surface area contributed by atoms with E-state index in [-0.39, 0.29) is 0 Å². The summed E-state index contributed by atoms with van der Waals surface area (Å²) in [5, 5.41) is 1.20. The van der Waals surface area contributed by atoms with Crippen molar-refractivity contribution in [1.29, 1.82) is 0 Å². The van der Waals surface area contributed by atoms with Gasteiger partial charge in [-0.3, -0.25) is 0 Å². The largest absolute Gasteiger partial charge is 0.492 e. The summed E-state index contributed by atoms with van der Waals surface area (Å²) in [6.45, 7) is 5.75. The van der Waals surface area contributed by atoms with Crippen LogP contribution in [-0.4, -0.2) is 39.5 Å². The van der Waals surface area contributed by atoms with Crippen LogP contribution in [0.3, 0.4) is 0 Å². The van der Waals surface area contributed by atoms with Crippen LogP contribution in [0.15, 0.2) is 18.2 Å². The average molecular weight is 291 g/mol. The van der Waals surface area contributed by atoms with Crippen LogP contribution in [0.4, 0.5) is 0 Å². The lowest BCUT2D eigenvalue weighted by atomic mass is 10.3. The summed E-state index contributed by atoms with van der Waals surface area (Å²) < 4.78 is 11.0. The third kappa shape index (κ3) is 4.32. The maximum atomic E-state index is 6.03. The minimum absolute atomic E-state index is 0.571. The van der Waals surface area contributed by atoms with Gasteiger partial charge in [-0.25, -0.2) is 0 Å². The molecule has 5 heteroatoms. The monoisotopic (exact) mass is 290 g/mol. The normalized spacial score (nSPS) is 16.8. The predicted octanol–water partition coefficient (Wildman–Crippen LogP) is 1.68. The number of morpholine rings is 1. The van der Waals surface area contributed by atoms with Crippen molar-refractivity contribution in [3.63, 3.8) is 0 Å². The maximum Gasteiger partial charge on any atom is 0.137 e. The molecule has 0 amide bonds. The highest BCUT2D eigenvalue weighted by Gasteiger charge is 2.12. The number of rotatable bonds is 5. The SMILES string of the molecule is Clc1ccc(OCCC[NH+]2CCOCC2)c(Cl)c1. The molecule has 0 radical (unpaired) electrons. The van der Waals surface area contributed by atoms with Crippen LogP contribution >= 0.6 is 23.2 Å². The zero-order valence-corrected chi connectivity index (χ0v) is 11.8. The fourth-order valence-electron chi connectivity index (χ4n) is 2.01. The van der Waals surface area contributed by atoms with Gasteiger partial charge >= 0.3 is 0 Å². The van der Waals surface area contributed by atoms with Crippen LogP contribution in [0.5, 0.6) is 5.75 Å². The van der Waals surface area contributed by atoms with Crippen molar-refractivity contribution in [2.75, 3.05) is 39.5 Å². The van der Waals surface area contributed by atoms with Gasteiger partial charge in [0.25, 0.3) is 0 Å². The fourth-order valence-corrected chi connectivity index (χ4v) is 2.47. The smallest absolute Gasteiger partial charge is 0.137 e. The molecule has 1 aliphatic heterocycles. The van der Waals surface area contributed by atoms with Crippen molar-refractivity contribution >= 4 is 23.2 Å². The second-order valence-corrected chi connectivity index (χ2v) is 5.23. The van der Waals surface area contributed by atoms with Crippen LogP contribution in [0.25, 0.3) is 0 Å². The van der Waals surface area contributed by atoms with E-state index in [1.807, 2.05) is 6.07 Å². The molecule has 2 rings (SSSR count). The first kappa shape index (κ1) is 13.9. The Morgan fingerprint density at radius 1 is 1.22 bits per heavy atom. The molecule has 0 aromatic heterocycles. The van der Waals surface area contributed by atoms with Crippen molar-refractivity contribution in [3.05, 3.63) is 28.2 Å². The molecule has 0 aliphatic carbocycles. The van der Waals surface area contributed by atoms with Crippen LogP contribution in [0.2, 0.25) is 10.0 Å². The molecule has 1 fully saturated rings. The third-order valence-corrected chi connectivity index (χ3v) is 3.56. The number of ether oxygens (including phenoxy) is 2. The first-order valence-corrected chi connectivity index (χ1v) is 7.00. The number of hydrogen-bond acceptors (Lipinski definition) is 2. The molecular weight excluding hydrogens is 273 g/mol. The summed E-state index contributed by atoms with van der Waals surface area (Å²) in [4.78, 5) is 1.59. The van der Waals surface area contributed by atoms with Gasteiger partial charge in [0.05, 0.1) is 31.4 Å². The number of halogens is 2.